The smallest absolute Gasteiger partial charge is 0.158 e. The van der Waals surface area contributed by atoms with Gasteiger partial charge >= 0.3 is 0 Å². The van der Waals surface area contributed by atoms with Gasteiger partial charge in [0.15, 0.2) is 5.82 Å². The first-order valence-electron chi connectivity index (χ1n) is 9.47. The third-order valence-corrected chi connectivity index (χ3v) is 5.13. The van der Waals surface area contributed by atoms with Gasteiger partial charge in [-0.25, -0.2) is 15.0 Å². The Balaban J connectivity index is 1.38. The SMILES string of the molecule is Cc1cc(-c2nccn2C)nc(CC2CCN(Cc3cnccn3)CC2)n1. The fraction of sp³-hybridized carbons (Fsp3) is 0.450. The number of hydrogen-bond donors (Lipinski definition) is 0. The zero-order valence-electron chi connectivity index (χ0n) is 15.9. The van der Waals surface area contributed by atoms with Crippen molar-refractivity contribution in [3.05, 3.63) is 54.3 Å². The number of likely N-dealkylation sites (tertiary alicyclic amines) is 1. The molecule has 0 aromatic carbocycles. The first-order valence-corrected chi connectivity index (χ1v) is 9.47. The zero-order chi connectivity index (χ0) is 18.6. The lowest BCUT2D eigenvalue weighted by Crippen LogP contribution is -2.34. The number of piperidine rings is 1. The van der Waals surface area contributed by atoms with E-state index in [1.807, 2.05) is 37.0 Å². The van der Waals surface area contributed by atoms with Gasteiger partial charge in [-0.15, -0.1) is 0 Å². The van der Waals surface area contributed by atoms with Crippen LogP contribution in [0.15, 0.2) is 37.1 Å². The van der Waals surface area contributed by atoms with Crippen molar-refractivity contribution in [2.75, 3.05) is 13.1 Å². The summed E-state index contributed by atoms with van der Waals surface area (Å²) in [6, 6.07) is 2.01. The number of aryl methyl sites for hydroxylation is 2. The second-order valence-electron chi connectivity index (χ2n) is 7.29. The standard InChI is InChI=1S/C20H25N7/c1-15-11-18(20-23-7-10-26(20)2)25-19(24-15)12-16-3-8-27(9-4-16)14-17-13-21-5-6-22-17/h5-7,10-11,13,16H,3-4,8-9,12,14H2,1-2H3. The van der Waals surface area contributed by atoms with Crippen LogP contribution in [0.3, 0.4) is 0 Å². The fourth-order valence-corrected chi connectivity index (χ4v) is 3.70. The molecule has 0 unspecified atom stereocenters. The summed E-state index contributed by atoms with van der Waals surface area (Å²) in [5.41, 5.74) is 2.95. The number of imidazole rings is 1. The van der Waals surface area contributed by atoms with Crippen LogP contribution in [0.2, 0.25) is 0 Å². The first-order chi connectivity index (χ1) is 13.2. The highest BCUT2D eigenvalue weighted by Crippen LogP contribution is 2.23. The van der Waals surface area contributed by atoms with E-state index in [-0.39, 0.29) is 0 Å². The minimum absolute atomic E-state index is 0.624. The summed E-state index contributed by atoms with van der Waals surface area (Å²) in [4.78, 5) is 24.9. The van der Waals surface area contributed by atoms with Crippen LogP contribution in [0.5, 0.6) is 0 Å². The van der Waals surface area contributed by atoms with Crippen LogP contribution in [0.1, 0.15) is 30.1 Å². The molecule has 3 aromatic rings. The van der Waals surface area contributed by atoms with Gasteiger partial charge < -0.3 is 4.57 Å². The van der Waals surface area contributed by atoms with Gasteiger partial charge in [-0.1, -0.05) is 0 Å². The third-order valence-electron chi connectivity index (χ3n) is 5.13. The molecule has 7 nitrogen and oxygen atoms in total. The lowest BCUT2D eigenvalue weighted by molar-refractivity contribution is 0.174. The molecule has 1 fully saturated rings. The second kappa shape index (κ2) is 7.92. The Morgan fingerprint density at radius 3 is 2.63 bits per heavy atom. The van der Waals surface area contributed by atoms with Gasteiger partial charge in [0.2, 0.25) is 0 Å². The zero-order valence-corrected chi connectivity index (χ0v) is 15.9. The van der Waals surface area contributed by atoms with Crippen LogP contribution in [0.4, 0.5) is 0 Å². The van der Waals surface area contributed by atoms with E-state index < -0.39 is 0 Å². The lowest BCUT2D eigenvalue weighted by atomic mass is 9.93. The highest BCUT2D eigenvalue weighted by molar-refractivity contribution is 5.50. The molecule has 0 saturated carbocycles. The van der Waals surface area contributed by atoms with E-state index in [1.54, 1.807) is 18.6 Å². The Morgan fingerprint density at radius 1 is 1.07 bits per heavy atom. The number of aromatic nitrogens is 6. The maximum atomic E-state index is 4.79. The Morgan fingerprint density at radius 2 is 1.93 bits per heavy atom. The summed E-state index contributed by atoms with van der Waals surface area (Å²) in [5, 5.41) is 0. The maximum Gasteiger partial charge on any atom is 0.158 e. The van der Waals surface area contributed by atoms with Crippen LogP contribution < -0.4 is 0 Å². The molecule has 3 aromatic heterocycles. The topological polar surface area (TPSA) is 72.6 Å². The van der Waals surface area contributed by atoms with E-state index in [0.717, 1.165) is 67.6 Å². The predicted octanol–water partition coefficient (Wildman–Crippen LogP) is 2.43. The molecule has 0 amide bonds. The Kier molecular flexibility index (Phi) is 5.20. The second-order valence-corrected chi connectivity index (χ2v) is 7.29. The largest absolute Gasteiger partial charge is 0.333 e. The highest BCUT2D eigenvalue weighted by atomic mass is 15.1. The van der Waals surface area contributed by atoms with Crippen LogP contribution >= 0.6 is 0 Å². The lowest BCUT2D eigenvalue weighted by Gasteiger charge is -2.31. The fourth-order valence-electron chi connectivity index (χ4n) is 3.70. The predicted molar refractivity (Wildman–Crippen MR) is 103 cm³/mol. The van der Waals surface area contributed by atoms with Crippen LogP contribution in [-0.2, 0) is 20.0 Å². The van der Waals surface area contributed by atoms with Crippen molar-refractivity contribution in [2.45, 2.75) is 32.7 Å². The summed E-state index contributed by atoms with van der Waals surface area (Å²) in [6.45, 7) is 5.07. The molecule has 0 atom stereocenters. The Labute approximate surface area is 159 Å². The first kappa shape index (κ1) is 17.7. The molecule has 0 spiro atoms. The van der Waals surface area contributed by atoms with Gasteiger partial charge in [0.05, 0.1) is 5.69 Å². The monoisotopic (exact) mass is 363 g/mol. The third kappa shape index (κ3) is 4.36. The molecule has 0 bridgehead atoms. The average molecular weight is 363 g/mol. The number of nitrogens with zero attached hydrogens (tertiary/aromatic N) is 7. The molecule has 0 N–H and O–H groups in total. The molecule has 1 saturated heterocycles. The number of rotatable bonds is 5. The van der Waals surface area contributed by atoms with Crippen molar-refractivity contribution in [1.82, 2.24) is 34.4 Å². The number of hydrogen-bond acceptors (Lipinski definition) is 6. The average Bonchev–Trinajstić information content (AvgIpc) is 3.10. The Bertz CT molecular complexity index is 882. The van der Waals surface area contributed by atoms with Crippen molar-refractivity contribution in [3.8, 4) is 11.5 Å². The molecule has 0 aliphatic carbocycles. The molecular weight excluding hydrogens is 338 g/mol. The van der Waals surface area contributed by atoms with Crippen molar-refractivity contribution < 1.29 is 0 Å². The van der Waals surface area contributed by atoms with E-state index in [9.17, 15) is 0 Å². The summed E-state index contributed by atoms with van der Waals surface area (Å²) >= 11 is 0. The summed E-state index contributed by atoms with van der Waals surface area (Å²) < 4.78 is 2.00. The van der Waals surface area contributed by atoms with Gasteiger partial charge in [-0.05, 0) is 44.8 Å². The van der Waals surface area contributed by atoms with Gasteiger partial charge in [-0.3, -0.25) is 14.9 Å². The molecule has 4 rings (SSSR count). The normalized spacial score (nSPS) is 15.9. The molecule has 140 valence electrons. The minimum atomic E-state index is 0.624. The molecular formula is C20H25N7. The maximum absolute atomic E-state index is 4.79. The quantitative estimate of drug-likeness (QED) is 0.693. The summed E-state index contributed by atoms with van der Waals surface area (Å²) in [7, 11) is 1.99. The van der Waals surface area contributed by atoms with E-state index in [1.165, 1.54) is 0 Å². The van der Waals surface area contributed by atoms with Crippen LogP contribution in [0, 0.1) is 12.8 Å². The molecule has 7 heteroatoms. The van der Waals surface area contributed by atoms with Gasteiger partial charge in [0.25, 0.3) is 0 Å². The van der Waals surface area contributed by atoms with E-state index in [4.69, 9.17) is 4.98 Å². The Hall–Kier alpha value is -2.67. The summed E-state index contributed by atoms with van der Waals surface area (Å²) in [6.07, 6.45) is 12.3. The molecule has 1 aliphatic heterocycles. The molecule has 0 radical (unpaired) electrons. The van der Waals surface area contributed by atoms with E-state index in [2.05, 4.69) is 24.8 Å². The van der Waals surface area contributed by atoms with Crippen molar-refractivity contribution in [2.24, 2.45) is 13.0 Å². The van der Waals surface area contributed by atoms with Gasteiger partial charge in [-0.2, -0.15) is 0 Å². The van der Waals surface area contributed by atoms with Crippen molar-refractivity contribution in [3.63, 3.8) is 0 Å². The van der Waals surface area contributed by atoms with E-state index >= 15 is 0 Å². The molecule has 4 heterocycles. The molecule has 27 heavy (non-hydrogen) atoms. The molecule has 1 aliphatic rings. The van der Waals surface area contributed by atoms with Gasteiger partial charge in [0.1, 0.15) is 11.5 Å². The van der Waals surface area contributed by atoms with Gasteiger partial charge in [0, 0.05) is 56.7 Å². The van der Waals surface area contributed by atoms with Crippen LogP contribution in [0.25, 0.3) is 11.5 Å². The minimum Gasteiger partial charge on any atom is -0.333 e. The summed E-state index contributed by atoms with van der Waals surface area (Å²) in [5.74, 6) is 2.44. The highest BCUT2D eigenvalue weighted by Gasteiger charge is 2.21. The van der Waals surface area contributed by atoms with E-state index in [0.29, 0.717) is 5.92 Å². The van der Waals surface area contributed by atoms with Crippen molar-refractivity contribution >= 4 is 0 Å². The van der Waals surface area contributed by atoms with Crippen molar-refractivity contribution in [1.29, 1.82) is 0 Å². The van der Waals surface area contributed by atoms with Crippen LogP contribution in [-0.4, -0.2) is 47.5 Å².